The number of primary amides is 1. The van der Waals surface area contributed by atoms with Crippen LogP contribution in [0.2, 0.25) is 0 Å². The molecule has 8 nitrogen and oxygen atoms in total. The molecule has 1 unspecified atom stereocenters. The van der Waals surface area contributed by atoms with Crippen molar-refractivity contribution < 1.29 is 27.9 Å². The first-order valence-corrected chi connectivity index (χ1v) is 5.89. The zero-order valence-corrected chi connectivity index (χ0v) is 9.49. The van der Waals surface area contributed by atoms with Crippen LogP contribution in [0.15, 0.2) is 0 Å². The molecule has 0 aliphatic rings. The Bertz CT molecular complexity index is 352. The highest BCUT2D eigenvalue weighted by molar-refractivity contribution is 7.90. The average molecular weight is 254 g/mol. The Morgan fingerprint density at radius 1 is 1.50 bits per heavy atom. The average Bonchev–Trinajstić information content (AvgIpc) is 2.15. The van der Waals surface area contributed by atoms with Crippen LogP contribution in [0.3, 0.4) is 0 Å². The van der Waals surface area contributed by atoms with E-state index < -0.39 is 27.1 Å². The molecule has 0 saturated carbocycles. The minimum absolute atomic E-state index is 0.0610. The van der Waals surface area contributed by atoms with Gasteiger partial charge in [0.1, 0.15) is 6.61 Å². The number of carboxylic acid groups (broad SMARTS) is 1. The molecule has 1 atom stereocenters. The van der Waals surface area contributed by atoms with Gasteiger partial charge in [0.25, 0.3) is 0 Å². The van der Waals surface area contributed by atoms with Crippen molar-refractivity contribution in [3.8, 4) is 0 Å². The van der Waals surface area contributed by atoms with Crippen LogP contribution in [-0.2, 0) is 24.3 Å². The molecule has 0 heterocycles. The van der Waals surface area contributed by atoms with E-state index in [9.17, 15) is 18.0 Å². The number of carboxylic acids is 1. The zero-order chi connectivity index (χ0) is 12.8. The van der Waals surface area contributed by atoms with Crippen LogP contribution >= 0.6 is 0 Å². The molecular formula is C7H14N2O6S. The van der Waals surface area contributed by atoms with Gasteiger partial charge in [0.15, 0.2) is 5.25 Å². The standard InChI is InChI=1S/C7H14N2O6S/c1-5(7(11)12)16(13,14)9-2-3-15-4-6(8)10/h5,9H,2-4H2,1H3,(H2,8,10)(H,11,12). The maximum atomic E-state index is 11.2. The summed E-state index contributed by atoms with van der Waals surface area (Å²) in [6, 6.07) is 0. The summed E-state index contributed by atoms with van der Waals surface area (Å²) in [6.45, 7) is 0.562. The first kappa shape index (κ1) is 14.8. The van der Waals surface area contributed by atoms with E-state index in [0.29, 0.717) is 0 Å². The Hall–Kier alpha value is -1.19. The Morgan fingerprint density at radius 3 is 2.50 bits per heavy atom. The Labute approximate surface area is 92.8 Å². The Morgan fingerprint density at radius 2 is 2.06 bits per heavy atom. The molecular weight excluding hydrogens is 240 g/mol. The molecule has 0 rings (SSSR count). The molecule has 4 N–H and O–H groups in total. The highest BCUT2D eigenvalue weighted by Crippen LogP contribution is 1.97. The predicted molar refractivity (Wildman–Crippen MR) is 54.0 cm³/mol. The second-order valence-electron chi connectivity index (χ2n) is 2.94. The summed E-state index contributed by atoms with van der Waals surface area (Å²) in [5.41, 5.74) is 4.77. The summed E-state index contributed by atoms with van der Waals surface area (Å²) < 4.78 is 29.2. The fourth-order valence-corrected chi connectivity index (χ4v) is 1.57. The van der Waals surface area contributed by atoms with E-state index in [0.717, 1.165) is 6.92 Å². The van der Waals surface area contributed by atoms with Crippen LogP contribution in [-0.4, -0.2) is 50.4 Å². The van der Waals surface area contributed by atoms with Gasteiger partial charge in [-0.3, -0.25) is 9.59 Å². The van der Waals surface area contributed by atoms with Gasteiger partial charge < -0.3 is 15.6 Å². The molecule has 16 heavy (non-hydrogen) atoms. The highest BCUT2D eigenvalue weighted by Gasteiger charge is 2.26. The zero-order valence-electron chi connectivity index (χ0n) is 8.67. The quantitative estimate of drug-likeness (QED) is 0.424. The second-order valence-corrected chi connectivity index (χ2v) is 5.02. The third kappa shape index (κ3) is 5.63. The summed E-state index contributed by atoms with van der Waals surface area (Å²) in [5.74, 6) is -2.10. The molecule has 0 aliphatic heterocycles. The molecule has 0 aromatic carbocycles. The highest BCUT2D eigenvalue weighted by atomic mass is 32.2. The van der Waals surface area contributed by atoms with Gasteiger partial charge in [-0.1, -0.05) is 0 Å². The number of amides is 1. The van der Waals surface area contributed by atoms with E-state index in [4.69, 9.17) is 10.8 Å². The number of aliphatic carboxylic acids is 1. The summed E-state index contributed by atoms with van der Waals surface area (Å²) in [5, 5.41) is 6.94. The van der Waals surface area contributed by atoms with Crippen LogP contribution in [0.25, 0.3) is 0 Å². The third-order valence-corrected chi connectivity index (χ3v) is 3.35. The Kier molecular flexibility index (Phi) is 5.93. The van der Waals surface area contributed by atoms with Crippen molar-refractivity contribution >= 4 is 21.9 Å². The number of hydrogen-bond donors (Lipinski definition) is 3. The minimum atomic E-state index is -3.91. The fourth-order valence-electron chi connectivity index (χ4n) is 0.687. The molecule has 0 spiro atoms. The van der Waals surface area contributed by atoms with Crippen molar-refractivity contribution in [1.82, 2.24) is 4.72 Å². The van der Waals surface area contributed by atoms with E-state index >= 15 is 0 Å². The van der Waals surface area contributed by atoms with Crippen LogP contribution in [0.1, 0.15) is 6.92 Å². The van der Waals surface area contributed by atoms with Crippen molar-refractivity contribution in [2.45, 2.75) is 12.2 Å². The van der Waals surface area contributed by atoms with Crippen molar-refractivity contribution in [2.24, 2.45) is 5.73 Å². The van der Waals surface area contributed by atoms with Crippen LogP contribution in [0, 0.1) is 0 Å². The summed E-state index contributed by atoms with van der Waals surface area (Å²) >= 11 is 0. The van der Waals surface area contributed by atoms with Crippen molar-refractivity contribution in [1.29, 1.82) is 0 Å². The number of carbonyl (C=O) groups is 2. The number of nitrogens with two attached hydrogens (primary N) is 1. The largest absolute Gasteiger partial charge is 0.480 e. The van der Waals surface area contributed by atoms with Gasteiger partial charge in [-0.25, -0.2) is 13.1 Å². The van der Waals surface area contributed by atoms with Crippen LogP contribution < -0.4 is 10.5 Å². The molecule has 0 radical (unpaired) electrons. The van der Waals surface area contributed by atoms with Crippen LogP contribution in [0.4, 0.5) is 0 Å². The van der Waals surface area contributed by atoms with E-state index in [2.05, 4.69) is 4.74 Å². The van der Waals surface area contributed by atoms with Crippen molar-refractivity contribution in [3.05, 3.63) is 0 Å². The van der Waals surface area contributed by atoms with Crippen molar-refractivity contribution in [2.75, 3.05) is 19.8 Å². The van der Waals surface area contributed by atoms with Gasteiger partial charge in [-0.2, -0.15) is 0 Å². The predicted octanol–water partition coefficient (Wildman–Crippen LogP) is -2.12. The topological polar surface area (TPSA) is 136 Å². The van der Waals surface area contributed by atoms with Gasteiger partial charge in [0.05, 0.1) is 6.61 Å². The molecule has 0 aliphatic carbocycles. The molecule has 0 bridgehead atoms. The van der Waals surface area contributed by atoms with Crippen LogP contribution in [0.5, 0.6) is 0 Å². The lowest BCUT2D eigenvalue weighted by Gasteiger charge is -2.09. The number of rotatable bonds is 8. The first-order chi connectivity index (χ1) is 7.27. The van der Waals surface area contributed by atoms with E-state index in [1.807, 2.05) is 4.72 Å². The Balaban J connectivity index is 3.93. The summed E-state index contributed by atoms with van der Waals surface area (Å²) in [6.07, 6.45) is 0. The number of carbonyl (C=O) groups excluding carboxylic acids is 1. The third-order valence-electron chi connectivity index (χ3n) is 1.61. The number of ether oxygens (including phenoxy) is 1. The lowest BCUT2D eigenvalue weighted by molar-refractivity contribution is -0.136. The maximum absolute atomic E-state index is 11.2. The summed E-state index contributed by atoms with van der Waals surface area (Å²) in [7, 11) is -3.91. The lowest BCUT2D eigenvalue weighted by atomic mass is 10.5. The van der Waals surface area contributed by atoms with E-state index in [-0.39, 0.29) is 19.8 Å². The number of nitrogens with one attached hydrogen (secondary N) is 1. The molecule has 1 amide bonds. The van der Waals surface area contributed by atoms with E-state index in [1.54, 1.807) is 0 Å². The monoisotopic (exact) mass is 254 g/mol. The smallest absolute Gasteiger partial charge is 0.323 e. The SMILES string of the molecule is CC(C(=O)O)S(=O)(=O)NCCOCC(N)=O. The lowest BCUT2D eigenvalue weighted by Crippen LogP contribution is -2.39. The van der Waals surface area contributed by atoms with Crippen molar-refractivity contribution in [3.63, 3.8) is 0 Å². The van der Waals surface area contributed by atoms with Gasteiger partial charge in [-0.05, 0) is 6.92 Å². The first-order valence-electron chi connectivity index (χ1n) is 4.34. The van der Waals surface area contributed by atoms with Gasteiger partial charge in [0.2, 0.25) is 15.9 Å². The molecule has 9 heteroatoms. The summed E-state index contributed by atoms with van der Waals surface area (Å²) in [4.78, 5) is 20.7. The van der Waals surface area contributed by atoms with E-state index in [1.165, 1.54) is 0 Å². The molecule has 0 aromatic rings. The normalized spacial score (nSPS) is 13.3. The number of sulfonamides is 1. The van der Waals surface area contributed by atoms with Gasteiger partial charge in [0, 0.05) is 6.54 Å². The maximum Gasteiger partial charge on any atom is 0.323 e. The molecule has 0 aromatic heterocycles. The minimum Gasteiger partial charge on any atom is -0.480 e. The number of hydrogen-bond acceptors (Lipinski definition) is 5. The van der Waals surface area contributed by atoms with Gasteiger partial charge in [-0.15, -0.1) is 0 Å². The molecule has 0 fully saturated rings. The molecule has 0 saturated heterocycles. The molecule has 94 valence electrons. The fraction of sp³-hybridized carbons (Fsp3) is 0.714. The van der Waals surface area contributed by atoms with Gasteiger partial charge >= 0.3 is 5.97 Å². The second kappa shape index (κ2) is 6.40.